The molecule has 0 unspecified atom stereocenters. The van der Waals surface area contributed by atoms with E-state index in [9.17, 15) is 15.0 Å². The molecule has 0 fully saturated rings. The van der Waals surface area contributed by atoms with Gasteiger partial charge in [-0.1, -0.05) is 192 Å². The van der Waals surface area contributed by atoms with Gasteiger partial charge in [-0.05, 0) is 292 Å². The lowest BCUT2D eigenvalue weighted by atomic mass is 9.89. The quantitative estimate of drug-likeness (QED) is 0.0323. The van der Waals surface area contributed by atoms with Crippen LogP contribution in [0.3, 0.4) is 0 Å². The summed E-state index contributed by atoms with van der Waals surface area (Å²) in [5.74, 6) is 2.83. The molecular formula is C84H114O3. The maximum atomic E-state index is 11.6. The molecule has 7 aromatic carbocycles. The highest BCUT2D eigenvalue weighted by Gasteiger charge is 2.18. The molecule has 0 heterocycles. The summed E-state index contributed by atoms with van der Waals surface area (Å²) >= 11 is 0. The van der Waals surface area contributed by atoms with Crippen LogP contribution in [0.25, 0.3) is 43.1 Å². The van der Waals surface area contributed by atoms with Crippen molar-refractivity contribution in [2.75, 3.05) is 0 Å². The van der Waals surface area contributed by atoms with Gasteiger partial charge in [0.15, 0.2) is 5.78 Å². The first-order valence-corrected chi connectivity index (χ1v) is 33.4. The van der Waals surface area contributed by atoms with E-state index < -0.39 is 0 Å². The number of carbonyl (C=O) groups is 1. The van der Waals surface area contributed by atoms with E-state index in [4.69, 9.17) is 0 Å². The van der Waals surface area contributed by atoms with Gasteiger partial charge in [-0.2, -0.15) is 0 Å². The van der Waals surface area contributed by atoms with Crippen LogP contribution in [0.1, 0.15) is 238 Å². The molecule has 468 valence electrons. The van der Waals surface area contributed by atoms with Gasteiger partial charge in [0.25, 0.3) is 0 Å². The Balaban J connectivity index is 0.000000244. The second-order valence-corrected chi connectivity index (χ2v) is 27.1. The van der Waals surface area contributed by atoms with Gasteiger partial charge in [-0.15, -0.1) is 0 Å². The average molecular weight is 1170 g/mol. The average Bonchev–Trinajstić information content (AvgIpc) is 0.956. The lowest BCUT2D eigenvalue weighted by molar-refractivity contribution is 0.101. The first kappa shape index (κ1) is 71.3. The number of rotatable bonds is 26. The number of benzene rings is 7. The number of hydrogen-bond acceptors (Lipinski definition) is 3. The van der Waals surface area contributed by atoms with Crippen molar-refractivity contribution in [3.05, 3.63) is 198 Å². The van der Waals surface area contributed by atoms with Crippen LogP contribution in [0.5, 0.6) is 11.5 Å². The fourth-order valence-electron chi connectivity index (χ4n) is 13.0. The largest absolute Gasteiger partial charge is 0.507 e. The van der Waals surface area contributed by atoms with Crippen LogP contribution in [0.15, 0.2) is 137 Å². The molecule has 0 spiro atoms. The Hall–Kier alpha value is -6.45. The minimum absolute atomic E-state index is 0.0726. The van der Waals surface area contributed by atoms with E-state index in [1.54, 1.807) is 17.7 Å². The van der Waals surface area contributed by atoms with Crippen LogP contribution in [0.2, 0.25) is 0 Å². The third-order valence-corrected chi connectivity index (χ3v) is 19.1. The fraction of sp³-hybridized carbons (Fsp3) is 0.464. The van der Waals surface area contributed by atoms with Gasteiger partial charge >= 0.3 is 0 Å². The zero-order valence-electron chi connectivity index (χ0n) is 57.9. The second kappa shape index (κ2) is 34.9. The van der Waals surface area contributed by atoms with E-state index in [1.807, 2.05) is 26.0 Å². The topological polar surface area (TPSA) is 57.5 Å². The van der Waals surface area contributed by atoms with E-state index >= 15 is 0 Å². The Morgan fingerprint density at radius 2 is 0.793 bits per heavy atom. The number of allylic oxidation sites excluding steroid dienone is 10. The van der Waals surface area contributed by atoms with Crippen molar-refractivity contribution in [3.63, 3.8) is 0 Å². The molecule has 87 heavy (non-hydrogen) atoms. The van der Waals surface area contributed by atoms with Gasteiger partial charge in [-0.3, -0.25) is 4.79 Å². The van der Waals surface area contributed by atoms with E-state index in [2.05, 4.69) is 190 Å². The number of carbonyl (C=O) groups excluding carboxylic acids is 1. The summed E-state index contributed by atoms with van der Waals surface area (Å²) in [6.07, 6.45) is 33.7. The normalized spacial score (nSPS) is 13.1. The highest BCUT2D eigenvalue weighted by molar-refractivity contribution is 6.11. The van der Waals surface area contributed by atoms with Crippen molar-refractivity contribution in [2.24, 2.45) is 17.8 Å². The molecular weight excluding hydrogens is 1060 g/mol. The van der Waals surface area contributed by atoms with Crippen molar-refractivity contribution < 1.29 is 15.0 Å². The van der Waals surface area contributed by atoms with Gasteiger partial charge in [0, 0.05) is 16.3 Å². The predicted molar refractivity (Wildman–Crippen MR) is 385 cm³/mol. The second-order valence-electron chi connectivity index (χ2n) is 27.1. The van der Waals surface area contributed by atoms with Crippen LogP contribution < -0.4 is 0 Å². The third kappa shape index (κ3) is 20.8. The van der Waals surface area contributed by atoms with Crippen LogP contribution in [0, 0.1) is 73.1 Å². The molecule has 3 nitrogen and oxygen atoms in total. The molecule has 0 aliphatic rings. The van der Waals surface area contributed by atoms with Gasteiger partial charge in [-0.25, -0.2) is 0 Å². The summed E-state index contributed by atoms with van der Waals surface area (Å²) in [5.41, 5.74) is 21.5. The molecule has 7 aromatic rings. The Kier molecular flexibility index (Phi) is 28.6. The molecule has 7 rings (SSSR count). The van der Waals surface area contributed by atoms with E-state index in [1.165, 1.54) is 178 Å². The van der Waals surface area contributed by atoms with Crippen molar-refractivity contribution in [1.82, 2.24) is 0 Å². The molecule has 0 aliphatic carbocycles. The molecule has 0 aromatic heterocycles. The summed E-state index contributed by atoms with van der Waals surface area (Å²) in [6.45, 7) is 42.2. The molecule has 2 N–H and O–H groups in total. The van der Waals surface area contributed by atoms with Gasteiger partial charge in [0.2, 0.25) is 0 Å². The zero-order valence-corrected chi connectivity index (χ0v) is 57.9. The standard InChI is InChI=1S/C33H52.C33H46.C18H16O3/c2*1-24(2)14-11-15-25(3)16-12-17-26(4)18-13-19-27(5)22-23-31-28(6)29(7)32-20-9-10-21-33(32)30(31)8;1-9-13-5-4-6-15(20)17(13)10(2)18-14(9)7-12(11(3)19)8-16(18)21/h9-10,20-22,24-26H,11-19,23H2,1-8H3;9-10,14,16,18,20-22H,11-13,15,17,19,23H2,1-8H3;4-8,20-21H,1-3H3/b27-22+;25-16+,26-18+,27-22+;/t25-,26-;;/m1../s1. The van der Waals surface area contributed by atoms with Crippen LogP contribution in [-0.4, -0.2) is 16.0 Å². The SMILES string of the molecule is C/C(=C\Cc1c(C)c(C)c2ccccc2c1C)CCC[C@H](C)CCC[C@H](C)CCCC(C)C.CC(=O)c1cc(O)c2c(C)c3c(O)cccc3c(C)c2c1.CC(C)=CCC/C(C)=C/CC/C(C)=C/CC/C(C)=C/Cc1c(C)c(C)c2ccccc2c1C. The van der Waals surface area contributed by atoms with Crippen molar-refractivity contribution in [2.45, 2.75) is 241 Å². The molecule has 3 heteroatoms. The smallest absolute Gasteiger partial charge is 0.159 e. The minimum Gasteiger partial charge on any atom is -0.507 e. The van der Waals surface area contributed by atoms with E-state index in [0.29, 0.717) is 10.9 Å². The third-order valence-electron chi connectivity index (χ3n) is 19.1. The molecule has 0 saturated carbocycles. The summed E-state index contributed by atoms with van der Waals surface area (Å²) < 4.78 is 0. The lowest BCUT2D eigenvalue weighted by Gasteiger charge is -2.16. The Labute approximate surface area is 529 Å². The fourth-order valence-corrected chi connectivity index (χ4v) is 13.0. The zero-order chi connectivity index (χ0) is 64.1. The summed E-state index contributed by atoms with van der Waals surface area (Å²) in [4.78, 5) is 11.6. The van der Waals surface area contributed by atoms with E-state index in [-0.39, 0.29) is 17.3 Å². The molecule has 0 saturated heterocycles. The minimum atomic E-state index is -0.0831. The molecule has 0 bridgehead atoms. The number of Topliss-reactive ketones (excluding diaryl/α,β-unsaturated/α-hetero) is 1. The summed E-state index contributed by atoms with van der Waals surface area (Å²) in [7, 11) is 0. The number of fused-ring (bicyclic) bond motifs is 4. The monoisotopic (exact) mass is 1170 g/mol. The molecule has 0 amide bonds. The van der Waals surface area contributed by atoms with Crippen molar-refractivity contribution in [1.29, 1.82) is 0 Å². The molecule has 0 radical (unpaired) electrons. The number of aromatic hydroxyl groups is 2. The first-order chi connectivity index (χ1) is 41.3. The number of ketones is 1. The highest BCUT2D eigenvalue weighted by atomic mass is 16.3. The highest BCUT2D eigenvalue weighted by Crippen LogP contribution is 2.41. The maximum absolute atomic E-state index is 11.6. The van der Waals surface area contributed by atoms with Crippen LogP contribution in [0.4, 0.5) is 0 Å². The number of hydrogen-bond donors (Lipinski definition) is 2. The predicted octanol–water partition coefficient (Wildman–Crippen LogP) is 25.4. The summed E-state index contributed by atoms with van der Waals surface area (Å²) in [5, 5.41) is 29.3. The van der Waals surface area contributed by atoms with E-state index in [0.717, 1.165) is 77.1 Å². The van der Waals surface area contributed by atoms with Crippen molar-refractivity contribution >= 4 is 48.9 Å². The number of phenols is 2. The Bertz CT molecular complexity index is 3600. The Morgan fingerprint density at radius 1 is 0.391 bits per heavy atom. The lowest BCUT2D eigenvalue weighted by Crippen LogP contribution is -2.00. The first-order valence-electron chi connectivity index (χ1n) is 33.4. The van der Waals surface area contributed by atoms with Crippen LogP contribution in [-0.2, 0) is 12.8 Å². The molecule has 0 aliphatic heterocycles. The van der Waals surface area contributed by atoms with Gasteiger partial charge < -0.3 is 10.2 Å². The number of phenolic OH excluding ortho intramolecular Hbond substituents is 2. The molecule has 2 atom stereocenters. The van der Waals surface area contributed by atoms with Crippen molar-refractivity contribution in [3.8, 4) is 11.5 Å². The maximum Gasteiger partial charge on any atom is 0.159 e. The van der Waals surface area contributed by atoms with Gasteiger partial charge in [0.1, 0.15) is 11.5 Å². The summed E-state index contributed by atoms with van der Waals surface area (Å²) in [6, 6.07) is 26.4. The number of aryl methyl sites for hydroxylation is 6. The van der Waals surface area contributed by atoms with Gasteiger partial charge in [0.05, 0.1) is 0 Å². The van der Waals surface area contributed by atoms with Crippen LogP contribution >= 0.6 is 0 Å². The Morgan fingerprint density at radius 3 is 1.25 bits per heavy atom.